The van der Waals surface area contributed by atoms with Crippen LogP contribution in [0.5, 0.6) is 5.75 Å². The molecular weight excluding hydrogens is 426 g/mol. The number of carbonyl (C=O) groups excluding carboxylic acids is 2. The van der Waals surface area contributed by atoms with Gasteiger partial charge in [0.15, 0.2) is 0 Å². The summed E-state index contributed by atoms with van der Waals surface area (Å²) in [5.74, 6) is 0.0893. The van der Waals surface area contributed by atoms with Gasteiger partial charge in [0.1, 0.15) is 5.75 Å². The third-order valence-electron chi connectivity index (χ3n) is 5.72. The summed E-state index contributed by atoms with van der Waals surface area (Å²) in [6.45, 7) is 0. The number of carbonyl (C=O) groups is 2. The van der Waals surface area contributed by atoms with E-state index in [0.29, 0.717) is 28.4 Å². The second-order valence-corrected chi connectivity index (χ2v) is 7.95. The van der Waals surface area contributed by atoms with E-state index in [4.69, 9.17) is 4.74 Å². The molecule has 0 bridgehead atoms. The molecule has 10 nitrogen and oxygen atoms in total. The zero-order valence-electron chi connectivity index (χ0n) is 18.1. The molecule has 1 heterocycles. The van der Waals surface area contributed by atoms with Crippen LogP contribution in [0.3, 0.4) is 0 Å². The summed E-state index contributed by atoms with van der Waals surface area (Å²) in [5.41, 5.74) is 0.540. The highest BCUT2D eigenvalue weighted by molar-refractivity contribution is 6.05. The first-order valence-corrected chi connectivity index (χ1v) is 10.8. The molecule has 1 aliphatic carbocycles. The van der Waals surface area contributed by atoms with E-state index < -0.39 is 11.4 Å². The maximum absolute atomic E-state index is 12.7. The van der Waals surface area contributed by atoms with Crippen molar-refractivity contribution in [3.05, 3.63) is 69.0 Å². The Morgan fingerprint density at radius 2 is 1.73 bits per heavy atom. The molecule has 4 rings (SSSR count). The number of aromatic amines is 2. The lowest BCUT2D eigenvalue weighted by Crippen LogP contribution is -2.25. The van der Waals surface area contributed by atoms with Crippen molar-refractivity contribution >= 4 is 23.2 Å². The molecule has 2 aromatic carbocycles. The Morgan fingerprint density at radius 3 is 2.36 bits per heavy atom. The maximum atomic E-state index is 12.7. The van der Waals surface area contributed by atoms with Crippen molar-refractivity contribution in [2.75, 3.05) is 17.7 Å². The molecule has 0 spiro atoms. The smallest absolute Gasteiger partial charge is 0.349 e. The predicted octanol–water partition coefficient (Wildman–Crippen LogP) is 2.63. The predicted molar refractivity (Wildman–Crippen MR) is 123 cm³/mol. The standard InChI is InChI=1S/C23H25N5O5/c1-33-19-12-9-16(13-18(19)25-21(30)14-5-3-2-4-6-14)24-20(29)15-7-10-17(11-8-15)28-23(32)26-22(31)27-28/h7-14H,2-6H2,1H3,(H,24,29)(H,25,30)(H2,26,27,31,32). The summed E-state index contributed by atoms with van der Waals surface area (Å²) >= 11 is 0. The van der Waals surface area contributed by atoms with Crippen molar-refractivity contribution in [3.63, 3.8) is 0 Å². The lowest BCUT2D eigenvalue weighted by atomic mass is 9.88. The number of rotatable bonds is 6. The summed E-state index contributed by atoms with van der Waals surface area (Å²) in [4.78, 5) is 50.5. The Kier molecular flexibility index (Phi) is 6.43. The van der Waals surface area contributed by atoms with Crippen molar-refractivity contribution in [3.8, 4) is 11.4 Å². The van der Waals surface area contributed by atoms with Crippen LogP contribution in [0.1, 0.15) is 42.5 Å². The van der Waals surface area contributed by atoms with Gasteiger partial charge in [0.25, 0.3) is 5.91 Å². The van der Waals surface area contributed by atoms with Gasteiger partial charge >= 0.3 is 11.4 Å². The Labute approximate surface area is 189 Å². The van der Waals surface area contributed by atoms with Gasteiger partial charge in [-0.25, -0.2) is 19.4 Å². The topological polar surface area (TPSA) is 138 Å². The minimum Gasteiger partial charge on any atom is -0.495 e. The number of aromatic nitrogens is 3. The Balaban J connectivity index is 1.47. The molecule has 2 amide bonds. The van der Waals surface area contributed by atoms with Crippen LogP contribution in [0.4, 0.5) is 11.4 Å². The molecule has 1 saturated carbocycles. The number of amides is 2. The zero-order chi connectivity index (χ0) is 23.4. The van der Waals surface area contributed by atoms with Crippen LogP contribution < -0.4 is 26.7 Å². The number of nitrogens with zero attached hydrogens (tertiary/aromatic N) is 1. The highest BCUT2D eigenvalue weighted by Crippen LogP contribution is 2.31. The number of benzene rings is 2. The third-order valence-corrected chi connectivity index (χ3v) is 5.72. The van der Waals surface area contributed by atoms with Crippen LogP contribution in [-0.4, -0.2) is 33.7 Å². The van der Waals surface area contributed by atoms with Gasteiger partial charge in [0, 0.05) is 17.2 Å². The zero-order valence-corrected chi connectivity index (χ0v) is 18.1. The number of nitrogens with one attached hydrogen (secondary N) is 4. The number of hydrogen-bond acceptors (Lipinski definition) is 5. The average Bonchev–Trinajstić information content (AvgIpc) is 3.17. The summed E-state index contributed by atoms with van der Waals surface area (Å²) < 4.78 is 6.41. The molecule has 10 heteroatoms. The Morgan fingerprint density at radius 1 is 1.00 bits per heavy atom. The third kappa shape index (κ3) is 5.05. The normalized spacial score (nSPS) is 14.0. The molecule has 172 valence electrons. The summed E-state index contributed by atoms with van der Waals surface area (Å²) in [5, 5.41) is 8.09. The largest absolute Gasteiger partial charge is 0.495 e. The highest BCUT2D eigenvalue weighted by Gasteiger charge is 2.22. The molecule has 4 N–H and O–H groups in total. The van der Waals surface area contributed by atoms with E-state index in [2.05, 4.69) is 20.7 Å². The molecule has 0 aliphatic heterocycles. The fourth-order valence-electron chi connectivity index (χ4n) is 3.96. The van der Waals surface area contributed by atoms with Crippen LogP contribution in [-0.2, 0) is 4.79 Å². The molecule has 1 aliphatic rings. The summed E-state index contributed by atoms with van der Waals surface area (Å²) in [7, 11) is 1.52. The van der Waals surface area contributed by atoms with Crippen LogP contribution in [0.15, 0.2) is 52.1 Å². The van der Waals surface area contributed by atoms with E-state index in [9.17, 15) is 19.2 Å². The molecule has 0 atom stereocenters. The van der Waals surface area contributed by atoms with Crippen LogP contribution in [0, 0.1) is 5.92 Å². The fraction of sp³-hybridized carbons (Fsp3) is 0.304. The molecule has 0 unspecified atom stereocenters. The first kappa shape index (κ1) is 22.1. The monoisotopic (exact) mass is 451 g/mol. The number of anilines is 2. The van der Waals surface area contributed by atoms with Crippen LogP contribution in [0.2, 0.25) is 0 Å². The van der Waals surface area contributed by atoms with E-state index in [1.54, 1.807) is 30.3 Å². The first-order chi connectivity index (χ1) is 15.9. The number of hydrogen-bond donors (Lipinski definition) is 4. The van der Waals surface area contributed by atoms with Gasteiger partial charge in [-0.1, -0.05) is 19.3 Å². The van der Waals surface area contributed by atoms with Crippen LogP contribution >= 0.6 is 0 Å². The van der Waals surface area contributed by atoms with Crippen molar-refractivity contribution in [2.45, 2.75) is 32.1 Å². The van der Waals surface area contributed by atoms with Crippen molar-refractivity contribution in [1.82, 2.24) is 14.8 Å². The molecule has 3 aromatic rings. The fourth-order valence-corrected chi connectivity index (χ4v) is 3.96. The average molecular weight is 451 g/mol. The summed E-state index contributed by atoms with van der Waals surface area (Å²) in [6.07, 6.45) is 5.03. The molecule has 33 heavy (non-hydrogen) atoms. The van der Waals surface area contributed by atoms with Gasteiger partial charge < -0.3 is 15.4 Å². The minimum atomic E-state index is -0.618. The second-order valence-electron chi connectivity index (χ2n) is 7.95. The van der Waals surface area contributed by atoms with E-state index in [-0.39, 0.29) is 17.7 Å². The highest BCUT2D eigenvalue weighted by atomic mass is 16.5. The number of ether oxygens (including phenoxy) is 1. The van der Waals surface area contributed by atoms with Crippen molar-refractivity contribution < 1.29 is 14.3 Å². The van der Waals surface area contributed by atoms with Crippen LogP contribution in [0.25, 0.3) is 5.69 Å². The minimum absolute atomic E-state index is 0.0114. The van der Waals surface area contributed by atoms with Crippen molar-refractivity contribution in [2.24, 2.45) is 5.92 Å². The lowest BCUT2D eigenvalue weighted by molar-refractivity contribution is -0.120. The first-order valence-electron chi connectivity index (χ1n) is 10.8. The number of methoxy groups -OCH3 is 1. The Hall–Kier alpha value is -4.08. The van der Waals surface area contributed by atoms with E-state index in [0.717, 1.165) is 36.8 Å². The molecule has 0 saturated heterocycles. The quantitative estimate of drug-likeness (QED) is 0.456. The van der Waals surface area contributed by atoms with E-state index >= 15 is 0 Å². The molecule has 0 radical (unpaired) electrons. The molecule has 1 aromatic heterocycles. The van der Waals surface area contributed by atoms with Gasteiger partial charge in [0.05, 0.1) is 18.5 Å². The molecule has 1 fully saturated rings. The van der Waals surface area contributed by atoms with E-state index in [1.807, 2.05) is 0 Å². The number of H-pyrrole nitrogens is 2. The SMILES string of the molecule is COc1ccc(NC(=O)c2ccc(-n3[nH]c(=O)[nH]c3=O)cc2)cc1NC(=O)C1CCCCC1. The maximum Gasteiger partial charge on any atom is 0.349 e. The summed E-state index contributed by atoms with van der Waals surface area (Å²) in [6, 6.07) is 11.2. The lowest BCUT2D eigenvalue weighted by Gasteiger charge is -2.21. The second kappa shape index (κ2) is 9.60. The van der Waals surface area contributed by atoms with Gasteiger partial charge in [-0.2, -0.15) is 0 Å². The van der Waals surface area contributed by atoms with Gasteiger partial charge in [0.2, 0.25) is 5.91 Å². The van der Waals surface area contributed by atoms with Gasteiger partial charge in [-0.05, 0) is 55.3 Å². The van der Waals surface area contributed by atoms with E-state index in [1.165, 1.54) is 19.2 Å². The molecular formula is C23H25N5O5. The van der Waals surface area contributed by atoms with Gasteiger partial charge in [-0.15, -0.1) is 0 Å². The Bertz CT molecular complexity index is 1270. The van der Waals surface area contributed by atoms with Crippen molar-refractivity contribution in [1.29, 1.82) is 0 Å². The van der Waals surface area contributed by atoms with Gasteiger partial charge in [-0.3, -0.25) is 14.6 Å².